The second-order valence-corrected chi connectivity index (χ2v) is 8.83. The van der Waals surface area contributed by atoms with Crippen LogP contribution in [0.2, 0.25) is 5.02 Å². The lowest BCUT2D eigenvalue weighted by molar-refractivity contribution is -0.135. The predicted molar refractivity (Wildman–Crippen MR) is 126 cm³/mol. The summed E-state index contributed by atoms with van der Waals surface area (Å²) in [5.74, 6) is -0.591. The largest absolute Gasteiger partial charge is 0.449 e. The number of nitrogens with one attached hydrogen (secondary N) is 2. The summed E-state index contributed by atoms with van der Waals surface area (Å²) in [6, 6.07) is 10.3. The van der Waals surface area contributed by atoms with E-state index in [2.05, 4.69) is 15.6 Å². The summed E-state index contributed by atoms with van der Waals surface area (Å²) >= 11 is 5.85. The highest BCUT2D eigenvalue weighted by Gasteiger charge is 2.32. The summed E-state index contributed by atoms with van der Waals surface area (Å²) in [7, 11) is 3.49. The van der Waals surface area contributed by atoms with Crippen molar-refractivity contribution >= 4 is 51.8 Å². The number of rotatable bonds is 5. The first-order valence-electron chi connectivity index (χ1n) is 10.8. The average Bonchev–Trinajstić information content (AvgIpc) is 3.18. The molecular weight excluding hydrogens is 444 g/mol. The Morgan fingerprint density at radius 2 is 1.70 bits per heavy atom. The van der Waals surface area contributed by atoms with Crippen molar-refractivity contribution in [1.29, 1.82) is 0 Å². The van der Waals surface area contributed by atoms with Gasteiger partial charge in [0.15, 0.2) is 0 Å². The molecule has 33 heavy (non-hydrogen) atoms. The van der Waals surface area contributed by atoms with Crippen LogP contribution in [0.15, 0.2) is 47.0 Å². The van der Waals surface area contributed by atoms with Gasteiger partial charge in [0, 0.05) is 37.5 Å². The van der Waals surface area contributed by atoms with E-state index < -0.39 is 5.91 Å². The molecule has 1 saturated carbocycles. The molecule has 0 aliphatic heterocycles. The zero-order valence-electron chi connectivity index (χ0n) is 18.4. The zero-order valence-corrected chi connectivity index (χ0v) is 19.2. The summed E-state index contributed by atoms with van der Waals surface area (Å²) < 4.78 is 5.79. The van der Waals surface area contributed by atoms with Crippen LogP contribution in [-0.4, -0.2) is 41.7 Å². The molecule has 0 spiro atoms. The van der Waals surface area contributed by atoms with Gasteiger partial charge in [-0.25, -0.2) is 4.98 Å². The van der Waals surface area contributed by atoms with Crippen molar-refractivity contribution in [2.75, 3.05) is 24.7 Å². The lowest BCUT2D eigenvalue weighted by Gasteiger charge is -2.28. The van der Waals surface area contributed by atoms with Crippen LogP contribution in [0.4, 0.5) is 11.5 Å². The lowest BCUT2D eigenvalue weighted by atomic mass is 9.81. The first-order chi connectivity index (χ1) is 15.8. The molecule has 0 unspecified atom stereocenters. The summed E-state index contributed by atoms with van der Waals surface area (Å²) in [5, 5.41) is 6.67. The summed E-state index contributed by atoms with van der Waals surface area (Å²) in [6.07, 6.45) is 3.98. The number of nitrogens with zero attached hydrogens (tertiary/aromatic N) is 2. The van der Waals surface area contributed by atoms with Crippen molar-refractivity contribution in [1.82, 2.24) is 9.88 Å². The molecule has 1 aromatic carbocycles. The fraction of sp³-hybridized carbons (Fsp3) is 0.333. The second-order valence-electron chi connectivity index (χ2n) is 8.39. The van der Waals surface area contributed by atoms with Crippen LogP contribution in [0.1, 0.15) is 36.2 Å². The predicted octanol–water partition coefficient (Wildman–Crippen LogP) is 4.57. The molecule has 4 rings (SSSR count). The highest BCUT2D eigenvalue weighted by Crippen LogP contribution is 2.34. The highest BCUT2D eigenvalue weighted by molar-refractivity contribution is 6.30. The van der Waals surface area contributed by atoms with Gasteiger partial charge in [0.25, 0.3) is 5.91 Å². The van der Waals surface area contributed by atoms with Crippen LogP contribution in [0.3, 0.4) is 0 Å². The van der Waals surface area contributed by atoms with Gasteiger partial charge in [-0.05, 0) is 49.9 Å². The maximum Gasteiger partial charge on any atom is 0.294 e. The number of carbonyl (C=O) groups is 3. The van der Waals surface area contributed by atoms with Gasteiger partial charge in [0.1, 0.15) is 17.1 Å². The van der Waals surface area contributed by atoms with E-state index >= 15 is 0 Å². The first kappa shape index (κ1) is 22.8. The Hall–Kier alpha value is -3.39. The van der Waals surface area contributed by atoms with E-state index in [9.17, 15) is 14.4 Å². The number of hydrogen-bond donors (Lipinski definition) is 2. The number of aromatic nitrogens is 1. The van der Waals surface area contributed by atoms with Crippen LogP contribution in [-0.2, 0) is 9.59 Å². The molecule has 1 aliphatic carbocycles. The van der Waals surface area contributed by atoms with E-state index in [-0.39, 0.29) is 29.4 Å². The van der Waals surface area contributed by atoms with E-state index in [0.29, 0.717) is 53.2 Å². The molecule has 8 nitrogen and oxygen atoms in total. The quantitative estimate of drug-likeness (QED) is 0.570. The van der Waals surface area contributed by atoms with Crippen LogP contribution in [0.25, 0.3) is 11.0 Å². The van der Waals surface area contributed by atoms with Crippen LogP contribution >= 0.6 is 11.6 Å². The van der Waals surface area contributed by atoms with Crippen LogP contribution < -0.4 is 10.6 Å². The summed E-state index contributed by atoms with van der Waals surface area (Å²) in [5.41, 5.74) is 0.816. The van der Waals surface area contributed by atoms with Gasteiger partial charge < -0.3 is 20.0 Å². The van der Waals surface area contributed by atoms with Gasteiger partial charge in [-0.15, -0.1) is 0 Å². The number of furan rings is 1. The van der Waals surface area contributed by atoms with Gasteiger partial charge in [-0.3, -0.25) is 14.4 Å². The van der Waals surface area contributed by atoms with Gasteiger partial charge in [0.05, 0.1) is 5.02 Å². The molecule has 172 valence electrons. The number of para-hydroxylation sites is 1. The van der Waals surface area contributed by atoms with Gasteiger partial charge in [0.2, 0.25) is 17.6 Å². The SMILES string of the molecule is CN(C)C(=O)C1CCC(C(=O)Nc2c(C(=O)Nc3ccc(Cl)cn3)oc3ccccc23)CC1. The number of hydrogen-bond acceptors (Lipinski definition) is 5. The number of carbonyl (C=O) groups excluding carboxylic acids is 3. The van der Waals surface area contributed by atoms with Crippen molar-refractivity contribution in [2.45, 2.75) is 25.7 Å². The Kier molecular flexibility index (Phi) is 6.65. The van der Waals surface area contributed by atoms with E-state index in [0.717, 1.165) is 0 Å². The third kappa shape index (κ3) is 5.01. The van der Waals surface area contributed by atoms with Crippen LogP contribution in [0, 0.1) is 11.8 Å². The lowest BCUT2D eigenvalue weighted by Crippen LogP contribution is -2.35. The topological polar surface area (TPSA) is 105 Å². The Labute approximate surface area is 196 Å². The Bertz CT molecular complexity index is 1180. The third-order valence-electron chi connectivity index (χ3n) is 5.91. The molecule has 3 aromatic rings. The van der Waals surface area contributed by atoms with Crippen molar-refractivity contribution in [3.8, 4) is 0 Å². The summed E-state index contributed by atoms with van der Waals surface area (Å²) in [6.45, 7) is 0. The van der Waals surface area contributed by atoms with Gasteiger partial charge in [-0.2, -0.15) is 0 Å². The number of halogens is 1. The number of fused-ring (bicyclic) bond motifs is 1. The van der Waals surface area contributed by atoms with Gasteiger partial charge in [-0.1, -0.05) is 23.7 Å². The average molecular weight is 469 g/mol. The fourth-order valence-corrected chi connectivity index (χ4v) is 4.26. The summed E-state index contributed by atoms with van der Waals surface area (Å²) in [4.78, 5) is 43.9. The molecule has 3 amide bonds. The molecule has 1 fully saturated rings. The molecule has 0 radical (unpaired) electrons. The van der Waals surface area contributed by atoms with Crippen molar-refractivity contribution in [3.63, 3.8) is 0 Å². The maximum absolute atomic E-state index is 13.1. The minimum Gasteiger partial charge on any atom is -0.449 e. The first-order valence-corrected chi connectivity index (χ1v) is 11.2. The molecule has 2 N–H and O–H groups in total. The monoisotopic (exact) mass is 468 g/mol. The second kappa shape index (κ2) is 9.62. The number of pyridine rings is 1. The van der Waals surface area contributed by atoms with E-state index in [1.165, 1.54) is 6.20 Å². The number of benzene rings is 1. The van der Waals surface area contributed by atoms with Crippen molar-refractivity contribution in [2.24, 2.45) is 11.8 Å². The van der Waals surface area contributed by atoms with Crippen molar-refractivity contribution < 1.29 is 18.8 Å². The molecule has 1 aliphatic rings. The van der Waals surface area contributed by atoms with Crippen LogP contribution in [0.5, 0.6) is 0 Å². The van der Waals surface area contributed by atoms with E-state index in [1.54, 1.807) is 49.3 Å². The smallest absolute Gasteiger partial charge is 0.294 e. The number of anilines is 2. The molecule has 9 heteroatoms. The molecular formula is C24H25ClN4O4. The normalized spacial score (nSPS) is 18.0. The third-order valence-corrected chi connectivity index (χ3v) is 6.13. The van der Waals surface area contributed by atoms with Gasteiger partial charge >= 0.3 is 0 Å². The molecule has 2 aromatic heterocycles. The highest BCUT2D eigenvalue weighted by atomic mass is 35.5. The molecule has 2 heterocycles. The minimum atomic E-state index is -0.531. The molecule has 0 saturated heterocycles. The minimum absolute atomic E-state index is 0.00206. The molecule has 0 bridgehead atoms. The van der Waals surface area contributed by atoms with Crippen molar-refractivity contribution in [3.05, 3.63) is 53.4 Å². The maximum atomic E-state index is 13.1. The Morgan fingerprint density at radius 1 is 1.00 bits per heavy atom. The zero-order chi connectivity index (χ0) is 23.5. The standard InChI is InChI=1S/C24H25ClN4O4/c1-29(2)24(32)15-9-7-14(8-10-15)22(30)28-20-17-5-3-4-6-18(17)33-21(20)23(31)27-19-12-11-16(25)13-26-19/h3-6,11-15H,7-10H2,1-2H3,(H,28,30)(H,26,27,31). The Balaban J connectivity index is 1.52. The Morgan fingerprint density at radius 3 is 2.36 bits per heavy atom. The van der Waals surface area contributed by atoms with E-state index in [4.69, 9.17) is 16.0 Å². The molecule has 0 atom stereocenters. The number of amides is 3. The van der Waals surface area contributed by atoms with E-state index in [1.807, 2.05) is 6.07 Å². The fourth-order valence-electron chi connectivity index (χ4n) is 4.15.